The van der Waals surface area contributed by atoms with Crippen LogP contribution in [0.15, 0.2) is 30.3 Å². The van der Waals surface area contributed by atoms with Gasteiger partial charge in [0.05, 0.1) is 12.5 Å². The number of hydrogen-bond donors (Lipinski definition) is 0. The van der Waals surface area contributed by atoms with E-state index >= 15 is 0 Å². The molecule has 0 saturated heterocycles. The Morgan fingerprint density at radius 3 is 2.50 bits per heavy atom. The first-order valence-electron chi connectivity index (χ1n) is 6.02. The molecular weight excluding hydrogens is 226 g/mol. The number of para-hydroxylation sites is 1. The molecule has 0 heterocycles. The molecule has 1 aromatic carbocycles. The maximum Gasteiger partial charge on any atom is 0.224 e. The Hall–Kier alpha value is -2.02. The lowest BCUT2D eigenvalue weighted by atomic mass is 10.2. The predicted molar refractivity (Wildman–Crippen MR) is 72.2 cm³/mol. The van der Waals surface area contributed by atoms with Crippen molar-refractivity contribution >= 4 is 11.6 Å². The third-order valence-corrected chi connectivity index (χ3v) is 2.84. The molecule has 4 nitrogen and oxygen atoms in total. The van der Waals surface area contributed by atoms with Gasteiger partial charge in [-0.2, -0.15) is 5.26 Å². The number of hydrogen-bond acceptors (Lipinski definition) is 3. The molecule has 0 aliphatic carbocycles. The monoisotopic (exact) mass is 245 g/mol. The van der Waals surface area contributed by atoms with Gasteiger partial charge in [-0.1, -0.05) is 18.2 Å². The van der Waals surface area contributed by atoms with Crippen molar-refractivity contribution in [1.82, 2.24) is 4.90 Å². The normalized spacial score (nSPS) is 9.61. The molecule has 1 amide bonds. The molecular formula is C14H19N3O. The fourth-order valence-corrected chi connectivity index (χ4v) is 1.61. The molecule has 1 rings (SSSR count). The van der Waals surface area contributed by atoms with Crippen molar-refractivity contribution in [2.75, 3.05) is 32.1 Å². The summed E-state index contributed by atoms with van der Waals surface area (Å²) < 4.78 is 0. The highest BCUT2D eigenvalue weighted by Crippen LogP contribution is 2.11. The highest BCUT2D eigenvalue weighted by atomic mass is 16.2. The minimum Gasteiger partial charge on any atom is -0.374 e. The van der Waals surface area contributed by atoms with Crippen LogP contribution in [-0.4, -0.2) is 38.0 Å². The Morgan fingerprint density at radius 2 is 1.89 bits per heavy atom. The summed E-state index contributed by atoms with van der Waals surface area (Å²) in [5.74, 6) is 0.0769. The zero-order valence-corrected chi connectivity index (χ0v) is 11.0. The summed E-state index contributed by atoms with van der Waals surface area (Å²) in [6, 6.07) is 12.0. The van der Waals surface area contributed by atoms with Crippen molar-refractivity contribution in [3.05, 3.63) is 30.3 Å². The van der Waals surface area contributed by atoms with E-state index < -0.39 is 0 Å². The van der Waals surface area contributed by atoms with Gasteiger partial charge in [0.25, 0.3) is 0 Å². The molecule has 1 aromatic rings. The van der Waals surface area contributed by atoms with Gasteiger partial charge in [-0.05, 0) is 12.1 Å². The summed E-state index contributed by atoms with van der Waals surface area (Å²) in [6.45, 7) is 1.18. The zero-order valence-electron chi connectivity index (χ0n) is 11.0. The Balaban J connectivity index is 2.37. The molecule has 0 unspecified atom stereocenters. The van der Waals surface area contributed by atoms with Crippen LogP contribution >= 0.6 is 0 Å². The van der Waals surface area contributed by atoms with Crippen LogP contribution in [0.2, 0.25) is 0 Å². The van der Waals surface area contributed by atoms with Crippen molar-refractivity contribution in [1.29, 1.82) is 5.26 Å². The molecule has 0 spiro atoms. The summed E-state index contributed by atoms with van der Waals surface area (Å²) in [5, 5.41) is 8.47. The van der Waals surface area contributed by atoms with Crippen LogP contribution in [-0.2, 0) is 4.79 Å². The molecule has 0 atom stereocenters. The van der Waals surface area contributed by atoms with Gasteiger partial charge in [0, 0.05) is 39.3 Å². The SMILES string of the molecule is CN(CCC#N)C(=O)CCN(C)c1ccccc1. The van der Waals surface area contributed by atoms with E-state index in [1.165, 1.54) is 0 Å². The van der Waals surface area contributed by atoms with Crippen LogP contribution in [0.5, 0.6) is 0 Å². The molecule has 0 aromatic heterocycles. The Morgan fingerprint density at radius 1 is 1.22 bits per heavy atom. The van der Waals surface area contributed by atoms with E-state index in [1.807, 2.05) is 43.4 Å². The smallest absolute Gasteiger partial charge is 0.224 e. The van der Waals surface area contributed by atoms with Crippen LogP contribution in [0.25, 0.3) is 0 Å². The number of amides is 1. The standard InChI is InChI=1S/C14H19N3O/c1-16(13-7-4-3-5-8-13)12-9-14(18)17(2)11-6-10-15/h3-5,7-8H,6,9,11-12H2,1-2H3. The van der Waals surface area contributed by atoms with Crippen LogP contribution in [0.3, 0.4) is 0 Å². The molecule has 0 radical (unpaired) electrons. The predicted octanol–water partition coefficient (Wildman–Crippen LogP) is 1.88. The number of carbonyl (C=O) groups is 1. The molecule has 0 bridgehead atoms. The van der Waals surface area contributed by atoms with E-state index in [0.717, 1.165) is 5.69 Å². The third-order valence-electron chi connectivity index (χ3n) is 2.84. The molecule has 4 heteroatoms. The van der Waals surface area contributed by atoms with Gasteiger partial charge >= 0.3 is 0 Å². The number of benzene rings is 1. The molecule has 96 valence electrons. The van der Waals surface area contributed by atoms with Gasteiger partial charge < -0.3 is 9.80 Å². The summed E-state index contributed by atoms with van der Waals surface area (Å²) in [7, 11) is 3.71. The molecule has 0 aliphatic heterocycles. The Bertz CT molecular complexity index is 411. The summed E-state index contributed by atoms with van der Waals surface area (Å²) >= 11 is 0. The molecule has 0 fully saturated rings. The van der Waals surface area contributed by atoms with Crippen molar-refractivity contribution in [2.45, 2.75) is 12.8 Å². The summed E-state index contributed by atoms with van der Waals surface area (Å²) in [6.07, 6.45) is 0.851. The van der Waals surface area contributed by atoms with Crippen LogP contribution in [0.1, 0.15) is 12.8 Å². The number of carbonyl (C=O) groups excluding carboxylic acids is 1. The lowest BCUT2D eigenvalue weighted by Gasteiger charge is -2.21. The first-order valence-corrected chi connectivity index (χ1v) is 6.02. The van der Waals surface area contributed by atoms with Crippen LogP contribution in [0, 0.1) is 11.3 Å². The zero-order chi connectivity index (χ0) is 13.4. The Kier molecular flexibility index (Phi) is 5.72. The van der Waals surface area contributed by atoms with Crippen LogP contribution < -0.4 is 4.90 Å². The van der Waals surface area contributed by atoms with E-state index in [2.05, 4.69) is 4.90 Å². The fraction of sp³-hybridized carbons (Fsp3) is 0.429. The summed E-state index contributed by atoms with van der Waals surface area (Å²) in [4.78, 5) is 15.4. The van der Waals surface area contributed by atoms with Crippen molar-refractivity contribution < 1.29 is 4.79 Å². The first-order chi connectivity index (χ1) is 8.65. The minimum absolute atomic E-state index is 0.0769. The minimum atomic E-state index is 0.0769. The van der Waals surface area contributed by atoms with Crippen molar-refractivity contribution in [3.63, 3.8) is 0 Å². The molecule has 0 saturated carbocycles. The maximum absolute atomic E-state index is 11.8. The molecule has 18 heavy (non-hydrogen) atoms. The van der Waals surface area contributed by atoms with Gasteiger partial charge in [0.2, 0.25) is 5.91 Å². The summed E-state index contributed by atoms with van der Waals surface area (Å²) in [5.41, 5.74) is 1.10. The number of anilines is 1. The van der Waals surface area contributed by atoms with Crippen LogP contribution in [0.4, 0.5) is 5.69 Å². The third kappa shape index (κ3) is 4.46. The van der Waals surface area contributed by atoms with Gasteiger partial charge in [-0.15, -0.1) is 0 Å². The van der Waals surface area contributed by atoms with E-state index in [9.17, 15) is 4.79 Å². The Labute approximate surface area is 108 Å². The number of rotatable bonds is 6. The van der Waals surface area contributed by atoms with Gasteiger partial charge in [-0.3, -0.25) is 4.79 Å². The van der Waals surface area contributed by atoms with Gasteiger partial charge in [-0.25, -0.2) is 0 Å². The van der Waals surface area contributed by atoms with Crippen molar-refractivity contribution in [2.24, 2.45) is 0 Å². The van der Waals surface area contributed by atoms with E-state index in [4.69, 9.17) is 5.26 Å². The highest BCUT2D eigenvalue weighted by Gasteiger charge is 2.09. The average molecular weight is 245 g/mol. The second-order valence-corrected chi connectivity index (χ2v) is 4.23. The quantitative estimate of drug-likeness (QED) is 0.769. The van der Waals surface area contributed by atoms with E-state index in [-0.39, 0.29) is 5.91 Å². The molecule has 0 aliphatic rings. The van der Waals surface area contributed by atoms with E-state index in [1.54, 1.807) is 11.9 Å². The number of nitriles is 1. The average Bonchev–Trinajstić information content (AvgIpc) is 2.42. The molecule has 0 N–H and O–H groups in total. The first kappa shape index (κ1) is 14.0. The number of nitrogens with zero attached hydrogens (tertiary/aromatic N) is 3. The van der Waals surface area contributed by atoms with Crippen molar-refractivity contribution in [3.8, 4) is 6.07 Å². The second kappa shape index (κ2) is 7.33. The fourth-order valence-electron chi connectivity index (χ4n) is 1.61. The topological polar surface area (TPSA) is 47.3 Å². The van der Waals surface area contributed by atoms with Gasteiger partial charge in [0.1, 0.15) is 0 Å². The highest BCUT2D eigenvalue weighted by molar-refractivity contribution is 5.76. The lowest BCUT2D eigenvalue weighted by Crippen LogP contribution is -2.31. The second-order valence-electron chi connectivity index (χ2n) is 4.23. The van der Waals surface area contributed by atoms with E-state index in [0.29, 0.717) is 25.9 Å². The lowest BCUT2D eigenvalue weighted by molar-refractivity contribution is -0.129. The maximum atomic E-state index is 11.8. The van der Waals surface area contributed by atoms with Gasteiger partial charge in [0.15, 0.2) is 0 Å². The largest absolute Gasteiger partial charge is 0.374 e.